The van der Waals surface area contributed by atoms with Gasteiger partial charge in [0.2, 0.25) is 0 Å². The van der Waals surface area contributed by atoms with E-state index in [2.05, 4.69) is 12.2 Å². The number of rotatable bonds is 6. The fraction of sp³-hybridized carbons (Fsp3) is 0.389. The molecule has 0 saturated carbocycles. The molecule has 1 N–H and O–H groups in total. The molecule has 21 heavy (non-hydrogen) atoms. The van der Waals surface area contributed by atoms with Crippen molar-refractivity contribution in [1.82, 2.24) is 5.32 Å². The predicted octanol–water partition coefficient (Wildman–Crippen LogP) is 3.91. The van der Waals surface area contributed by atoms with Crippen molar-refractivity contribution in [2.45, 2.75) is 45.8 Å². The van der Waals surface area contributed by atoms with Crippen LogP contribution in [0.25, 0.3) is 10.8 Å². The Balaban J connectivity index is 2.19. The van der Waals surface area contributed by atoms with E-state index in [9.17, 15) is 4.79 Å². The van der Waals surface area contributed by atoms with Crippen LogP contribution in [-0.4, -0.2) is 18.1 Å². The highest BCUT2D eigenvalue weighted by molar-refractivity contribution is 5.89. The van der Waals surface area contributed by atoms with Gasteiger partial charge in [0.05, 0.1) is 0 Å². The molecule has 0 aliphatic carbocycles. The smallest absolute Gasteiger partial charge is 0.261 e. The lowest BCUT2D eigenvalue weighted by molar-refractivity contribution is -0.128. The molecule has 0 radical (unpaired) electrons. The molecule has 3 heteroatoms. The average molecular weight is 285 g/mol. The van der Waals surface area contributed by atoms with Gasteiger partial charge < -0.3 is 10.1 Å². The summed E-state index contributed by atoms with van der Waals surface area (Å²) in [6.07, 6.45) is 1.10. The van der Waals surface area contributed by atoms with Gasteiger partial charge in [-0.1, -0.05) is 50.2 Å². The van der Waals surface area contributed by atoms with Gasteiger partial charge in [-0.3, -0.25) is 4.79 Å². The van der Waals surface area contributed by atoms with Crippen LogP contribution in [0, 0.1) is 0 Å². The fourth-order valence-corrected chi connectivity index (χ4v) is 2.21. The summed E-state index contributed by atoms with van der Waals surface area (Å²) in [4.78, 5) is 12.2. The lowest BCUT2D eigenvalue weighted by Crippen LogP contribution is -2.42. The normalized spacial score (nSPS) is 13.7. The first-order chi connectivity index (χ1) is 10.2. The summed E-state index contributed by atoms with van der Waals surface area (Å²) in [5.74, 6) is 0.721. The summed E-state index contributed by atoms with van der Waals surface area (Å²) < 4.78 is 5.97. The minimum atomic E-state index is -0.454. The van der Waals surface area contributed by atoms with Crippen LogP contribution in [0.5, 0.6) is 5.75 Å². The van der Waals surface area contributed by atoms with E-state index in [-0.39, 0.29) is 11.9 Å². The van der Waals surface area contributed by atoms with Crippen molar-refractivity contribution >= 4 is 16.7 Å². The maximum atomic E-state index is 12.2. The molecule has 0 bridgehead atoms. The maximum absolute atomic E-state index is 12.2. The van der Waals surface area contributed by atoms with E-state index in [1.807, 2.05) is 56.3 Å². The third-order valence-corrected chi connectivity index (χ3v) is 3.68. The number of carbonyl (C=O) groups excluding carboxylic acids is 1. The number of nitrogens with one attached hydrogen (secondary N) is 1. The van der Waals surface area contributed by atoms with Crippen molar-refractivity contribution < 1.29 is 9.53 Å². The zero-order valence-corrected chi connectivity index (χ0v) is 12.9. The molecule has 0 unspecified atom stereocenters. The van der Waals surface area contributed by atoms with E-state index >= 15 is 0 Å². The molecule has 0 aliphatic rings. The minimum Gasteiger partial charge on any atom is -0.480 e. The van der Waals surface area contributed by atoms with Gasteiger partial charge in [-0.2, -0.15) is 0 Å². The molecule has 2 rings (SSSR count). The predicted molar refractivity (Wildman–Crippen MR) is 86.6 cm³/mol. The van der Waals surface area contributed by atoms with E-state index in [0.717, 1.165) is 22.9 Å². The van der Waals surface area contributed by atoms with Crippen LogP contribution in [0.1, 0.15) is 33.6 Å². The van der Waals surface area contributed by atoms with Crippen molar-refractivity contribution in [3.05, 3.63) is 42.5 Å². The summed E-state index contributed by atoms with van der Waals surface area (Å²) in [6.45, 7) is 6.02. The number of amides is 1. The van der Waals surface area contributed by atoms with Crippen molar-refractivity contribution in [1.29, 1.82) is 0 Å². The molecular weight excluding hydrogens is 262 g/mol. The van der Waals surface area contributed by atoms with Gasteiger partial charge in [0.15, 0.2) is 6.10 Å². The van der Waals surface area contributed by atoms with Gasteiger partial charge >= 0.3 is 0 Å². The summed E-state index contributed by atoms with van der Waals surface area (Å²) in [5.41, 5.74) is 0. The van der Waals surface area contributed by atoms with Crippen LogP contribution >= 0.6 is 0 Å². The van der Waals surface area contributed by atoms with Crippen molar-refractivity contribution in [2.24, 2.45) is 0 Å². The Bertz CT molecular complexity index is 604. The molecule has 0 saturated heterocycles. The van der Waals surface area contributed by atoms with E-state index in [1.165, 1.54) is 0 Å². The van der Waals surface area contributed by atoms with Gasteiger partial charge in [0.25, 0.3) is 5.91 Å². The van der Waals surface area contributed by atoms with Crippen LogP contribution in [0.4, 0.5) is 0 Å². The number of ether oxygens (including phenoxy) is 1. The number of carbonyl (C=O) groups is 1. The van der Waals surface area contributed by atoms with Crippen molar-refractivity contribution in [2.75, 3.05) is 0 Å². The molecule has 0 aromatic heterocycles. The minimum absolute atomic E-state index is 0.0419. The second kappa shape index (κ2) is 7.11. The molecule has 0 spiro atoms. The standard InChI is InChI=1S/C18H23NO2/c1-4-13(3)19-18(20)16(5-2)21-17-12-8-10-14-9-6-7-11-15(14)17/h6-13,16H,4-5H2,1-3H3,(H,19,20)/t13-,16+/m1/s1. The van der Waals surface area contributed by atoms with Crippen LogP contribution in [0.2, 0.25) is 0 Å². The zero-order valence-electron chi connectivity index (χ0n) is 12.9. The van der Waals surface area contributed by atoms with E-state index in [1.54, 1.807) is 0 Å². The highest BCUT2D eigenvalue weighted by atomic mass is 16.5. The Hall–Kier alpha value is -2.03. The van der Waals surface area contributed by atoms with E-state index < -0.39 is 6.10 Å². The van der Waals surface area contributed by atoms with Gasteiger partial charge in [0.1, 0.15) is 5.75 Å². The molecule has 112 valence electrons. The molecular formula is C18H23NO2. The van der Waals surface area contributed by atoms with Crippen molar-refractivity contribution in [3.8, 4) is 5.75 Å². The van der Waals surface area contributed by atoms with Crippen LogP contribution < -0.4 is 10.1 Å². The Labute approximate surface area is 126 Å². The Morgan fingerprint density at radius 2 is 1.81 bits per heavy atom. The van der Waals surface area contributed by atoms with E-state index in [4.69, 9.17) is 4.74 Å². The van der Waals surface area contributed by atoms with Crippen LogP contribution in [0.3, 0.4) is 0 Å². The molecule has 2 atom stereocenters. The first-order valence-corrected chi connectivity index (χ1v) is 7.60. The lowest BCUT2D eigenvalue weighted by Gasteiger charge is -2.20. The largest absolute Gasteiger partial charge is 0.480 e. The zero-order chi connectivity index (χ0) is 15.2. The summed E-state index contributed by atoms with van der Waals surface area (Å²) >= 11 is 0. The highest BCUT2D eigenvalue weighted by Crippen LogP contribution is 2.26. The second-order valence-electron chi connectivity index (χ2n) is 5.31. The quantitative estimate of drug-likeness (QED) is 0.873. The summed E-state index contributed by atoms with van der Waals surface area (Å²) in [5, 5.41) is 5.14. The third kappa shape index (κ3) is 3.75. The van der Waals surface area contributed by atoms with Gasteiger partial charge in [-0.05, 0) is 31.2 Å². The lowest BCUT2D eigenvalue weighted by atomic mass is 10.1. The summed E-state index contributed by atoms with van der Waals surface area (Å²) in [7, 11) is 0. The SMILES string of the molecule is CC[C@@H](C)NC(=O)[C@H](CC)Oc1cccc2ccccc12. The first kappa shape index (κ1) is 15.4. The first-order valence-electron chi connectivity index (χ1n) is 7.60. The molecule has 2 aromatic rings. The molecule has 0 heterocycles. The molecule has 0 aliphatic heterocycles. The van der Waals surface area contributed by atoms with Crippen molar-refractivity contribution in [3.63, 3.8) is 0 Å². The Morgan fingerprint density at radius 1 is 1.10 bits per heavy atom. The monoisotopic (exact) mass is 285 g/mol. The third-order valence-electron chi connectivity index (χ3n) is 3.68. The molecule has 1 amide bonds. The fourth-order valence-electron chi connectivity index (χ4n) is 2.21. The average Bonchev–Trinajstić information content (AvgIpc) is 2.52. The number of hydrogen-bond acceptors (Lipinski definition) is 2. The Kier molecular flexibility index (Phi) is 5.20. The molecule has 3 nitrogen and oxygen atoms in total. The highest BCUT2D eigenvalue weighted by Gasteiger charge is 2.20. The number of fused-ring (bicyclic) bond motifs is 1. The summed E-state index contributed by atoms with van der Waals surface area (Å²) in [6, 6.07) is 14.1. The van der Waals surface area contributed by atoms with E-state index in [0.29, 0.717) is 6.42 Å². The number of hydrogen-bond donors (Lipinski definition) is 1. The second-order valence-corrected chi connectivity index (χ2v) is 5.31. The molecule has 0 fully saturated rings. The van der Waals surface area contributed by atoms with Crippen LogP contribution in [0.15, 0.2) is 42.5 Å². The van der Waals surface area contributed by atoms with Crippen LogP contribution in [-0.2, 0) is 4.79 Å². The maximum Gasteiger partial charge on any atom is 0.261 e. The van der Waals surface area contributed by atoms with Gasteiger partial charge in [0, 0.05) is 11.4 Å². The van der Waals surface area contributed by atoms with Gasteiger partial charge in [-0.15, -0.1) is 0 Å². The Morgan fingerprint density at radius 3 is 2.52 bits per heavy atom. The van der Waals surface area contributed by atoms with Gasteiger partial charge in [-0.25, -0.2) is 0 Å². The number of benzene rings is 2. The molecule has 2 aromatic carbocycles. The topological polar surface area (TPSA) is 38.3 Å².